The van der Waals surface area contributed by atoms with Gasteiger partial charge < -0.3 is 4.57 Å². The van der Waals surface area contributed by atoms with E-state index in [0.29, 0.717) is 10.9 Å². The van der Waals surface area contributed by atoms with Crippen molar-refractivity contribution in [1.82, 2.24) is 4.57 Å². The number of benzene rings is 1. The van der Waals surface area contributed by atoms with E-state index in [4.69, 9.17) is 0 Å². The predicted molar refractivity (Wildman–Crippen MR) is 60.4 cm³/mol. The third kappa shape index (κ3) is 1.63. The first-order valence-electron chi connectivity index (χ1n) is 4.64. The maximum atomic E-state index is 12.8. The zero-order chi connectivity index (χ0) is 12.1. The number of alkyl halides is 3. The molecular formula is C11H9BrF3N. The highest BCUT2D eigenvalue weighted by Gasteiger charge is 2.37. The maximum absolute atomic E-state index is 12.8. The van der Waals surface area contributed by atoms with Gasteiger partial charge in [-0.3, -0.25) is 0 Å². The quantitative estimate of drug-likeness (QED) is 0.683. The Morgan fingerprint density at radius 3 is 2.44 bits per heavy atom. The van der Waals surface area contributed by atoms with Crippen LogP contribution in [0.5, 0.6) is 0 Å². The molecule has 0 aliphatic heterocycles. The molecule has 1 aromatic heterocycles. The van der Waals surface area contributed by atoms with Gasteiger partial charge in [-0.25, -0.2) is 0 Å². The minimum Gasteiger partial charge on any atom is -0.339 e. The first-order valence-corrected chi connectivity index (χ1v) is 5.43. The van der Waals surface area contributed by atoms with E-state index < -0.39 is 11.9 Å². The van der Waals surface area contributed by atoms with E-state index in [1.807, 2.05) is 6.92 Å². The monoisotopic (exact) mass is 291 g/mol. The smallest absolute Gasteiger partial charge is 0.339 e. The molecule has 0 aliphatic rings. The third-order valence-corrected chi connectivity index (χ3v) is 3.36. The molecule has 2 aromatic rings. The highest BCUT2D eigenvalue weighted by molar-refractivity contribution is 9.10. The normalized spacial score (nSPS) is 12.4. The van der Waals surface area contributed by atoms with E-state index in [0.717, 1.165) is 5.56 Å². The molecule has 0 aliphatic carbocycles. The number of rotatable bonds is 0. The Morgan fingerprint density at radius 2 is 1.88 bits per heavy atom. The van der Waals surface area contributed by atoms with Crippen LogP contribution in [0.4, 0.5) is 13.2 Å². The van der Waals surface area contributed by atoms with E-state index in [9.17, 15) is 13.2 Å². The number of aromatic nitrogens is 1. The lowest BCUT2D eigenvalue weighted by molar-refractivity contribution is -0.143. The van der Waals surface area contributed by atoms with Gasteiger partial charge in [-0.05, 0) is 35.0 Å². The highest BCUT2D eigenvalue weighted by Crippen LogP contribution is 2.40. The second-order valence-corrected chi connectivity index (χ2v) is 4.53. The first kappa shape index (κ1) is 11.5. The molecule has 16 heavy (non-hydrogen) atoms. The van der Waals surface area contributed by atoms with E-state index in [-0.39, 0.29) is 4.47 Å². The van der Waals surface area contributed by atoms with Gasteiger partial charge in [0.2, 0.25) is 0 Å². The Morgan fingerprint density at radius 1 is 1.25 bits per heavy atom. The van der Waals surface area contributed by atoms with Gasteiger partial charge in [0.05, 0.1) is 4.47 Å². The third-order valence-electron chi connectivity index (χ3n) is 2.56. The van der Waals surface area contributed by atoms with Gasteiger partial charge in [-0.15, -0.1) is 0 Å². The summed E-state index contributed by atoms with van der Waals surface area (Å²) in [6.07, 6.45) is -4.35. The lowest BCUT2D eigenvalue weighted by Gasteiger charge is -2.08. The van der Waals surface area contributed by atoms with Crippen LogP contribution in [0.15, 0.2) is 22.7 Å². The molecule has 0 amide bonds. The number of halogens is 4. The lowest BCUT2D eigenvalue weighted by atomic mass is 10.2. The molecule has 1 nitrogen and oxygen atoms in total. The van der Waals surface area contributed by atoms with Crippen molar-refractivity contribution in [3.05, 3.63) is 33.9 Å². The van der Waals surface area contributed by atoms with Gasteiger partial charge in [-0.1, -0.05) is 11.6 Å². The van der Waals surface area contributed by atoms with Crippen molar-refractivity contribution in [2.45, 2.75) is 13.1 Å². The summed E-state index contributed by atoms with van der Waals surface area (Å²) in [7, 11) is 1.42. The number of fused-ring (bicyclic) bond motifs is 1. The van der Waals surface area contributed by atoms with E-state index in [1.54, 1.807) is 18.2 Å². The second kappa shape index (κ2) is 3.52. The second-order valence-electron chi connectivity index (χ2n) is 3.74. The standard InChI is InChI=1S/C11H9BrF3N/c1-6-3-4-8-7(5-6)9(12)10(16(8)2)11(13,14)15/h3-5H,1-2H3. The molecule has 1 aromatic carbocycles. The van der Waals surface area contributed by atoms with Crippen molar-refractivity contribution in [2.24, 2.45) is 7.05 Å². The van der Waals surface area contributed by atoms with Gasteiger partial charge >= 0.3 is 6.18 Å². The van der Waals surface area contributed by atoms with E-state index in [1.165, 1.54) is 11.6 Å². The van der Waals surface area contributed by atoms with Crippen LogP contribution in [0.3, 0.4) is 0 Å². The fraction of sp³-hybridized carbons (Fsp3) is 0.273. The molecule has 0 radical (unpaired) electrons. The molecule has 2 rings (SSSR count). The van der Waals surface area contributed by atoms with Crippen LogP contribution in [0.2, 0.25) is 0 Å². The van der Waals surface area contributed by atoms with Crippen molar-refractivity contribution >= 4 is 26.8 Å². The molecule has 0 N–H and O–H groups in total. The Balaban J connectivity index is 2.87. The molecule has 0 spiro atoms. The van der Waals surface area contributed by atoms with Crippen LogP contribution in [-0.4, -0.2) is 4.57 Å². The van der Waals surface area contributed by atoms with Crippen molar-refractivity contribution in [3.8, 4) is 0 Å². The zero-order valence-electron chi connectivity index (χ0n) is 8.69. The molecule has 0 saturated heterocycles. The molecule has 5 heteroatoms. The highest BCUT2D eigenvalue weighted by atomic mass is 79.9. The number of hydrogen-bond donors (Lipinski definition) is 0. The first-order chi connectivity index (χ1) is 7.32. The Labute approximate surface area is 99.0 Å². The average molecular weight is 292 g/mol. The van der Waals surface area contributed by atoms with E-state index >= 15 is 0 Å². The topological polar surface area (TPSA) is 4.93 Å². The van der Waals surface area contributed by atoms with Crippen LogP contribution in [0.1, 0.15) is 11.3 Å². The van der Waals surface area contributed by atoms with Gasteiger partial charge in [0.15, 0.2) is 0 Å². The number of nitrogens with zero attached hydrogens (tertiary/aromatic N) is 1. The van der Waals surface area contributed by atoms with Crippen molar-refractivity contribution in [3.63, 3.8) is 0 Å². The molecule has 0 unspecified atom stereocenters. The van der Waals surface area contributed by atoms with Crippen molar-refractivity contribution in [1.29, 1.82) is 0 Å². The molecule has 0 atom stereocenters. The van der Waals surface area contributed by atoms with Gasteiger partial charge in [-0.2, -0.15) is 13.2 Å². The van der Waals surface area contributed by atoms with Crippen LogP contribution >= 0.6 is 15.9 Å². The number of hydrogen-bond acceptors (Lipinski definition) is 0. The molecule has 0 saturated carbocycles. The van der Waals surface area contributed by atoms with Gasteiger partial charge in [0.25, 0.3) is 0 Å². The fourth-order valence-electron chi connectivity index (χ4n) is 1.83. The fourth-order valence-corrected chi connectivity index (χ4v) is 2.64. The lowest BCUT2D eigenvalue weighted by Crippen LogP contribution is -2.11. The summed E-state index contributed by atoms with van der Waals surface area (Å²) in [4.78, 5) is 0. The average Bonchev–Trinajstić information content (AvgIpc) is 2.38. The predicted octanol–water partition coefficient (Wildman–Crippen LogP) is 4.27. The Bertz CT molecular complexity index is 554. The largest absolute Gasteiger partial charge is 0.432 e. The molecule has 1 heterocycles. The Hall–Kier alpha value is -0.970. The molecular weight excluding hydrogens is 283 g/mol. The summed E-state index contributed by atoms with van der Waals surface area (Å²) in [5.41, 5.74) is 0.866. The number of aryl methyl sites for hydroxylation is 2. The van der Waals surface area contributed by atoms with Crippen LogP contribution in [0, 0.1) is 6.92 Å². The van der Waals surface area contributed by atoms with Crippen LogP contribution in [-0.2, 0) is 13.2 Å². The summed E-state index contributed by atoms with van der Waals surface area (Å²) in [6.45, 7) is 1.85. The summed E-state index contributed by atoms with van der Waals surface area (Å²) in [5.74, 6) is 0. The minimum atomic E-state index is -4.35. The van der Waals surface area contributed by atoms with E-state index in [2.05, 4.69) is 15.9 Å². The summed E-state index contributed by atoms with van der Waals surface area (Å²) in [5, 5.41) is 0.592. The molecule has 86 valence electrons. The van der Waals surface area contributed by atoms with Crippen LogP contribution in [0.25, 0.3) is 10.9 Å². The summed E-state index contributed by atoms with van der Waals surface area (Å²) < 4.78 is 39.7. The zero-order valence-corrected chi connectivity index (χ0v) is 10.3. The van der Waals surface area contributed by atoms with Gasteiger partial charge in [0, 0.05) is 18.0 Å². The Kier molecular flexibility index (Phi) is 2.53. The SMILES string of the molecule is Cc1ccc2c(c1)c(Br)c(C(F)(F)F)n2C. The van der Waals surface area contributed by atoms with Crippen LogP contribution < -0.4 is 0 Å². The summed E-state index contributed by atoms with van der Waals surface area (Å²) >= 11 is 3.03. The maximum Gasteiger partial charge on any atom is 0.432 e. The van der Waals surface area contributed by atoms with Crippen molar-refractivity contribution < 1.29 is 13.2 Å². The van der Waals surface area contributed by atoms with Crippen molar-refractivity contribution in [2.75, 3.05) is 0 Å². The van der Waals surface area contributed by atoms with Gasteiger partial charge in [0.1, 0.15) is 5.69 Å². The summed E-state index contributed by atoms with van der Waals surface area (Å²) in [6, 6.07) is 5.24. The molecule has 0 bridgehead atoms. The minimum absolute atomic E-state index is 0.112. The molecule has 0 fully saturated rings.